The first kappa shape index (κ1) is 20.5. The summed E-state index contributed by atoms with van der Waals surface area (Å²) in [7, 11) is -3.21. The molecule has 1 aromatic carbocycles. The zero-order valence-electron chi connectivity index (χ0n) is 15.6. The summed E-state index contributed by atoms with van der Waals surface area (Å²) in [6.07, 6.45) is 1.67. The van der Waals surface area contributed by atoms with E-state index >= 15 is 0 Å². The minimum Gasteiger partial charge on any atom is -0.335 e. The number of hydrogen-bond donors (Lipinski definition) is 1. The monoisotopic (exact) mass is 421 g/mol. The van der Waals surface area contributed by atoms with Crippen LogP contribution in [0.1, 0.15) is 24.9 Å². The van der Waals surface area contributed by atoms with E-state index in [1.54, 1.807) is 28.0 Å². The minimum atomic E-state index is -3.21. The van der Waals surface area contributed by atoms with Crippen molar-refractivity contribution in [1.82, 2.24) is 14.5 Å². The Labute approximate surface area is 169 Å². The zero-order valence-corrected chi connectivity index (χ0v) is 17.3. The summed E-state index contributed by atoms with van der Waals surface area (Å²) in [6, 6.07) is 12.8. The van der Waals surface area contributed by atoms with E-state index < -0.39 is 10.0 Å². The Morgan fingerprint density at radius 3 is 2.18 bits per heavy atom. The van der Waals surface area contributed by atoms with Crippen molar-refractivity contribution < 1.29 is 18.0 Å². The summed E-state index contributed by atoms with van der Waals surface area (Å²) in [6.45, 7) is 2.33. The molecule has 9 heteroatoms. The van der Waals surface area contributed by atoms with Gasteiger partial charge in [0, 0.05) is 43.2 Å². The third-order valence-electron chi connectivity index (χ3n) is 4.48. The summed E-state index contributed by atoms with van der Waals surface area (Å²) >= 11 is 1.38. The van der Waals surface area contributed by atoms with Crippen LogP contribution in [0, 0.1) is 0 Å². The van der Waals surface area contributed by atoms with Crippen molar-refractivity contribution in [3.8, 4) is 0 Å². The number of carbonyl (C=O) groups excluding carboxylic acids is 2. The van der Waals surface area contributed by atoms with Crippen LogP contribution in [0.25, 0.3) is 0 Å². The molecule has 150 valence electrons. The van der Waals surface area contributed by atoms with Gasteiger partial charge in [-0.15, -0.1) is 11.3 Å². The number of amides is 2. The molecule has 0 bridgehead atoms. The molecule has 0 unspecified atom stereocenters. The fourth-order valence-corrected chi connectivity index (χ4v) is 4.47. The van der Waals surface area contributed by atoms with Crippen LogP contribution in [0.15, 0.2) is 42.5 Å². The Hall–Kier alpha value is -2.23. The van der Waals surface area contributed by atoms with Gasteiger partial charge in [-0.05, 0) is 30.7 Å². The highest BCUT2D eigenvalue weighted by molar-refractivity contribution is 7.88. The second kappa shape index (κ2) is 8.85. The SMILES string of the molecule is CS(=O)(=O)NCCc1ccc(C(=O)N2CCN(C(=O)c3ccccc3)CC2)s1. The van der Waals surface area contributed by atoms with Crippen molar-refractivity contribution in [2.75, 3.05) is 39.0 Å². The highest BCUT2D eigenvalue weighted by Gasteiger charge is 2.26. The Morgan fingerprint density at radius 2 is 1.57 bits per heavy atom. The van der Waals surface area contributed by atoms with Crippen LogP contribution < -0.4 is 4.72 Å². The smallest absolute Gasteiger partial charge is 0.264 e. The number of nitrogens with one attached hydrogen (secondary N) is 1. The molecule has 1 aliphatic rings. The average Bonchev–Trinajstić information content (AvgIpc) is 3.15. The van der Waals surface area contributed by atoms with Crippen LogP contribution in [0.2, 0.25) is 0 Å². The summed E-state index contributed by atoms with van der Waals surface area (Å²) in [4.78, 5) is 30.3. The van der Waals surface area contributed by atoms with E-state index in [2.05, 4.69) is 4.72 Å². The second-order valence-corrected chi connectivity index (χ2v) is 9.63. The van der Waals surface area contributed by atoms with Crippen molar-refractivity contribution in [2.24, 2.45) is 0 Å². The molecule has 7 nitrogen and oxygen atoms in total. The van der Waals surface area contributed by atoms with Crippen molar-refractivity contribution in [1.29, 1.82) is 0 Å². The molecule has 0 atom stereocenters. The minimum absolute atomic E-state index is 0.00974. The lowest BCUT2D eigenvalue weighted by Crippen LogP contribution is -2.50. The van der Waals surface area contributed by atoms with Crippen molar-refractivity contribution in [3.63, 3.8) is 0 Å². The quantitative estimate of drug-likeness (QED) is 0.765. The third kappa shape index (κ3) is 5.40. The Kier molecular flexibility index (Phi) is 6.48. The lowest BCUT2D eigenvalue weighted by molar-refractivity contribution is 0.0538. The van der Waals surface area contributed by atoms with Gasteiger partial charge in [0.25, 0.3) is 11.8 Å². The van der Waals surface area contributed by atoms with Gasteiger partial charge in [0.1, 0.15) is 0 Å². The Morgan fingerprint density at radius 1 is 0.964 bits per heavy atom. The Bertz CT molecular complexity index is 933. The van der Waals surface area contributed by atoms with Crippen LogP contribution in [0.4, 0.5) is 0 Å². The van der Waals surface area contributed by atoms with Crippen molar-refractivity contribution >= 4 is 33.2 Å². The van der Waals surface area contributed by atoms with Gasteiger partial charge in [-0.3, -0.25) is 9.59 Å². The molecule has 0 spiro atoms. The van der Waals surface area contributed by atoms with E-state index in [4.69, 9.17) is 0 Å². The summed E-state index contributed by atoms with van der Waals surface area (Å²) in [5.41, 5.74) is 0.660. The molecule has 2 heterocycles. The molecular formula is C19H23N3O4S2. The van der Waals surface area contributed by atoms with Crippen LogP contribution >= 0.6 is 11.3 Å². The van der Waals surface area contributed by atoms with E-state index in [1.807, 2.05) is 24.3 Å². The van der Waals surface area contributed by atoms with Crippen LogP contribution in [0.5, 0.6) is 0 Å². The van der Waals surface area contributed by atoms with E-state index in [0.717, 1.165) is 11.1 Å². The number of rotatable bonds is 6. The maximum atomic E-state index is 12.7. The van der Waals surface area contributed by atoms with Gasteiger partial charge in [0.05, 0.1) is 11.1 Å². The molecule has 1 fully saturated rings. The molecule has 1 N–H and O–H groups in total. The van der Waals surface area contributed by atoms with Crippen molar-refractivity contribution in [3.05, 3.63) is 57.8 Å². The highest BCUT2D eigenvalue weighted by Crippen LogP contribution is 2.20. The number of carbonyl (C=O) groups is 2. The van der Waals surface area contributed by atoms with E-state index in [9.17, 15) is 18.0 Å². The molecule has 3 rings (SSSR count). The fourth-order valence-electron chi connectivity index (χ4n) is 3.02. The first-order chi connectivity index (χ1) is 13.3. The summed E-state index contributed by atoms with van der Waals surface area (Å²) in [5, 5.41) is 0. The molecule has 0 radical (unpaired) electrons. The van der Waals surface area contributed by atoms with Gasteiger partial charge in [0.2, 0.25) is 10.0 Å². The molecule has 1 aromatic heterocycles. The largest absolute Gasteiger partial charge is 0.335 e. The molecule has 1 saturated heterocycles. The number of benzene rings is 1. The topological polar surface area (TPSA) is 86.8 Å². The molecule has 2 amide bonds. The summed E-state index contributed by atoms with van der Waals surface area (Å²) in [5.74, 6) is -0.0522. The van der Waals surface area contributed by atoms with Gasteiger partial charge >= 0.3 is 0 Å². The average molecular weight is 422 g/mol. The highest BCUT2D eigenvalue weighted by atomic mass is 32.2. The van der Waals surface area contributed by atoms with Crippen LogP contribution in [0.3, 0.4) is 0 Å². The maximum absolute atomic E-state index is 12.7. The molecule has 2 aromatic rings. The lowest BCUT2D eigenvalue weighted by Gasteiger charge is -2.34. The third-order valence-corrected chi connectivity index (χ3v) is 6.34. The number of thiophene rings is 1. The molecular weight excluding hydrogens is 398 g/mol. The molecule has 1 aliphatic heterocycles. The first-order valence-corrected chi connectivity index (χ1v) is 11.7. The standard InChI is InChI=1S/C19H23N3O4S2/c1-28(25,26)20-10-9-16-7-8-17(27-16)19(24)22-13-11-21(12-14-22)18(23)15-5-3-2-4-6-15/h2-8,20H,9-14H2,1H3. The number of nitrogens with zero attached hydrogens (tertiary/aromatic N) is 2. The van der Waals surface area contributed by atoms with Crippen LogP contribution in [-0.4, -0.2) is 69.0 Å². The van der Waals surface area contributed by atoms with Gasteiger partial charge in [-0.1, -0.05) is 18.2 Å². The van der Waals surface area contributed by atoms with E-state index in [0.29, 0.717) is 49.6 Å². The fraction of sp³-hybridized carbons (Fsp3) is 0.368. The second-order valence-electron chi connectivity index (χ2n) is 6.63. The zero-order chi connectivity index (χ0) is 20.1. The van der Waals surface area contributed by atoms with E-state index in [-0.39, 0.29) is 11.8 Å². The van der Waals surface area contributed by atoms with Gasteiger partial charge < -0.3 is 9.80 Å². The normalized spacial score (nSPS) is 14.9. The lowest BCUT2D eigenvalue weighted by atomic mass is 10.2. The predicted molar refractivity (Wildman–Crippen MR) is 109 cm³/mol. The van der Waals surface area contributed by atoms with Crippen LogP contribution in [-0.2, 0) is 16.4 Å². The number of hydrogen-bond acceptors (Lipinski definition) is 5. The predicted octanol–water partition coefficient (Wildman–Crippen LogP) is 1.44. The van der Waals surface area contributed by atoms with E-state index in [1.165, 1.54) is 11.3 Å². The van der Waals surface area contributed by atoms with Crippen molar-refractivity contribution in [2.45, 2.75) is 6.42 Å². The van der Waals surface area contributed by atoms with Gasteiger partial charge in [0.15, 0.2) is 0 Å². The van der Waals surface area contributed by atoms with Gasteiger partial charge in [-0.2, -0.15) is 0 Å². The molecule has 0 saturated carbocycles. The molecule has 0 aliphatic carbocycles. The Balaban J connectivity index is 1.52. The van der Waals surface area contributed by atoms with Gasteiger partial charge in [-0.25, -0.2) is 13.1 Å². The molecule has 28 heavy (non-hydrogen) atoms. The number of sulfonamides is 1. The maximum Gasteiger partial charge on any atom is 0.264 e. The summed E-state index contributed by atoms with van der Waals surface area (Å²) < 4.78 is 24.7. The number of piperazine rings is 1. The first-order valence-electron chi connectivity index (χ1n) is 9.00.